The van der Waals surface area contributed by atoms with E-state index >= 15 is 0 Å². The molecule has 174 valence electrons. The van der Waals surface area contributed by atoms with E-state index in [2.05, 4.69) is 20.1 Å². The number of benzene rings is 2. The van der Waals surface area contributed by atoms with E-state index in [0.29, 0.717) is 29.0 Å². The monoisotopic (exact) mass is 468 g/mol. The normalized spacial score (nSPS) is 17.6. The van der Waals surface area contributed by atoms with Crippen molar-refractivity contribution < 1.29 is 27.4 Å². The highest BCUT2D eigenvalue weighted by Gasteiger charge is 2.42. The Morgan fingerprint density at radius 1 is 1.18 bits per heavy atom. The first-order valence-electron chi connectivity index (χ1n) is 10.4. The number of pyridine rings is 1. The van der Waals surface area contributed by atoms with E-state index in [1.165, 1.54) is 24.3 Å². The SMILES string of the molecule is Cn1ncc2cc(C(=O)N[C@]3(c4ccc(OC(F)(F)F)cc4)CCOc4cccnc43)ccc21. The molecule has 7 nitrogen and oxygen atoms in total. The largest absolute Gasteiger partial charge is 0.573 e. The Kier molecular flexibility index (Phi) is 5.15. The number of rotatable bonds is 4. The first-order valence-corrected chi connectivity index (χ1v) is 10.4. The first kappa shape index (κ1) is 21.7. The Bertz CT molecular complexity index is 1370. The van der Waals surface area contributed by atoms with Crippen LogP contribution in [0.4, 0.5) is 13.2 Å². The maximum atomic E-state index is 13.4. The zero-order valence-corrected chi connectivity index (χ0v) is 18.0. The molecule has 0 unspecified atom stereocenters. The van der Waals surface area contributed by atoms with Crippen LogP contribution >= 0.6 is 0 Å². The van der Waals surface area contributed by atoms with Gasteiger partial charge >= 0.3 is 6.36 Å². The molecule has 34 heavy (non-hydrogen) atoms. The summed E-state index contributed by atoms with van der Waals surface area (Å²) in [6.07, 6.45) is -1.22. The summed E-state index contributed by atoms with van der Waals surface area (Å²) in [7, 11) is 1.81. The molecule has 0 fully saturated rings. The number of aromatic nitrogens is 3. The summed E-state index contributed by atoms with van der Waals surface area (Å²) >= 11 is 0. The van der Waals surface area contributed by atoms with Crippen molar-refractivity contribution in [3.05, 3.63) is 83.8 Å². The molecule has 10 heteroatoms. The van der Waals surface area contributed by atoms with Crippen LogP contribution in [0.3, 0.4) is 0 Å². The highest BCUT2D eigenvalue weighted by atomic mass is 19.4. The van der Waals surface area contributed by atoms with Crippen molar-refractivity contribution >= 4 is 16.8 Å². The van der Waals surface area contributed by atoms with Gasteiger partial charge in [-0.3, -0.25) is 14.5 Å². The molecule has 0 radical (unpaired) electrons. The molecule has 0 saturated heterocycles. The smallest absolute Gasteiger partial charge is 0.491 e. The highest BCUT2D eigenvalue weighted by Crippen LogP contribution is 2.41. The number of carbonyl (C=O) groups excluding carboxylic acids is 1. The number of hydrogen-bond acceptors (Lipinski definition) is 5. The van der Waals surface area contributed by atoms with E-state index in [4.69, 9.17) is 4.74 Å². The van der Waals surface area contributed by atoms with Crippen molar-refractivity contribution in [2.45, 2.75) is 18.3 Å². The number of aryl methyl sites for hydroxylation is 1. The maximum Gasteiger partial charge on any atom is 0.573 e. The van der Waals surface area contributed by atoms with Gasteiger partial charge < -0.3 is 14.8 Å². The molecule has 4 aromatic rings. The molecular weight excluding hydrogens is 449 g/mol. The minimum absolute atomic E-state index is 0.279. The number of nitrogens with one attached hydrogen (secondary N) is 1. The molecule has 0 bridgehead atoms. The van der Waals surface area contributed by atoms with Gasteiger partial charge in [-0.25, -0.2) is 0 Å². The summed E-state index contributed by atoms with van der Waals surface area (Å²) in [6, 6.07) is 14.1. The van der Waals surface area contributed by atoms with Crippen LogP contribution in [-0.4, -0.2) is 33.6 Å². The molecule has 0 saturated carbocycles. The molecule has 1 atom stereocenters. The zero-order chi connectivity index (χ0) is 23.9. The molecule has 1 N–H and O–H groups in total. The highest BCUT2D eigenvalue weighted by molar-refractivity contribution is 5.98. The molecule has 3 heterocycles. The van der Waals surface area contributed by atoms with Crippen LogP contribution < -0.4 is 14.8 Å². The van der Waals surface area contributed by atoms with Crippen molar-refractivity contribution in [1.82, 2.24) is 20.1 Å². The molecule has 2 aromatic heterocycles. The number of nitrogens with zero attached hydrogens (tertiary/aromatic N) is 3. The summed E-state index contributed by atoms with van der Waals surface area (Å²) in [5.41, 5.74) is 1.21. The van der Waals surface area contributed by atoms with Crippen LogP contribution in [0.2, 0.25) is 0 Å². The van der Waals surface area contributed by atoms with Gasteiger partial charge in [-0.2, -0.15) is 5.10 Å². The van der Waals surface area contributed by atoms with Gasteiger partial charge in [0.1, 0.15) is 22.7 Å². The minimum atomic E-state index is -4.80. The fourth-order valence-corrected chi connectivity index (χ4v) is 4.25. The predicted molar refractivity (Wildman–Crippen MR) is 116 cm³/mol. The lowest BCUT2D eigenvalue weighted by Crippen LogP contribution is -2.50. The maximum absolute atomic E-state index is 13.4. The second-order valence-corrected chi connectivity index (χ2v) is 7.92. The van der Waals surface area contributed by atoms with Crippen molar-refractivity contribution in [3.8, 4) is 11.5 Å². The number of ether oxygens (including phenoxy) is 2. The molecule has 5 rings (SSSR count). The third kappa shape index (κ3) is 3.91. The molecule has 0 aliphatic carbocycles. The second kappa shape index (κ2) is 8.05. The van der Waals surface area contributed by atoms with Crippen LogP contribution in [0.15, 0.2) is 67.0 Å². The Balaban J connectivity index is 1.56. The van der Waals surface area contributed by atoms with Crippen LogP contribution in [0.5, 0.6) is 11.5 Å². The number of hydrogen-bond donors (Lipinski definition) is 1. The number of carbonyl (C=O) groups is 1. The third-order valence-electron chi connectivity index (χ3n) is 5.83. The second-order valence-electron chi connectivity index (χ2n) is 7.92. The summed E-state index contributed by atoms with van der Waals surface area (Å²) < 4.78 is 49.3. The molecular formula is C24H19F3N4O3. The van der Waals surface area contributed by atoms with Gasteiger partial charge in [-0.15, -0.1) is 13.2 Å². The van der Waals surface area contributed by atoms with E-state index in [1.54, 1.807) is 41.3 Å². The number of fused-ring (bicyclic) bond motifs is 2. The number of alkyl halides is 3. The van der Waals surface area contributed by atoms with Crippen molar-refractivity contribution in [2.24, 2.45) is 7.05 Å². The lowest BCUT2D eigenvalue weighted by molar-refractivity contribution is -0.274. The van der Waals surface area contributed by atoms with Gasteiger partial charge in [-0.1, -0.05) is 12.1 Å². The van der Waals surface area contributed by atoms with Crippen LogP contribution in [-0.2, 0) is 12.6 Å². The van der Waals surface area contributed by atoms with Crippen LogP contribution in [0, 0.1) is 0 Å². The van der Waals surface area contributed by atoms with E-state index in [0.717, 1.165) is 10.9 Å². The first-order chi connectivity index (χ1) is 16.2. The average molecular weight is 468 g/mol. The molecule has 2 aromatic carbocycles. The van der Waals surface area contributed by atoms with Crippen LogP contribution in [0.25, 0.3) is 10.9 Å². The van der Waals surface area contributed by atoms with Crippen molar-refractivity contribution in [1.29, 1.82) is 0 Å². The topological polar surface area (TPSA) is 78.3 Å². The lowest BCUT2D eigenvalue weighted by Gasteiger charge is -2.39. The fourth-order valence-electron chi connectivity index (χ4n) is 4.25. The summed E-state index contributed by atoms with van der Waals surface area (Å²) in [5, 5.41) is 8.10. The average Bonchev–Trinajstić information content (AvgIpc) is 3.19. The Hall–Kier alpha value is -4.08. The molecule has 1 aliphatic heterocycles. The van der Waals surface area contributed by atoms with E-state index in [-0.39, 0.29) is 18.3 Å². The third-order valence-corrected chi connectivity index (χ3v) is 5.83. The predicted octanol–water partition coefficient (Wildman–Crippen LogP) is 4.32. The van der Waals surface area contributed by atoms with E-state index in [9.17, 15) is 18.0 Å². The van der Waals surface area contributed by atoms with E-state index in [1.807, 2.05) is 13.1 Å². The molecule has 1 aliphatic rings. The van der Waals surface area contributed by atoms with Gasteiger partial charge in [0.05, 0.1) is 18.3 Å². The molecule has 1 amide bonds. The fraction of sp³-hybridized carbons (Fsp3) is 0.208. The Labute approximate surface area is 192 Å². The standard InChI is InChI=1S/C24H19F3N4O3/c1-31-19-9-4-15(13-16(19)14-29-31)22(32)30-23(10-12-33-20-3-2-11-28-21(20)23)17-5-7-18(8-6-17)34-24(25,26)27/h2-9,11,13-14H,10,12H2,1H3,(H,30,32)/t23-/m0/s1. The summed E-state index contributed by atoms with van der Waals surface area (Å²) in [6.45, 7) is 0.279. The summed E-state index contributed by atoms with van der Waals surface area (Å²) in [4.78, 5) is 17.9. The van der Waals surface area contributed by atoms with Gasteiger partial charge in [0.25, 0.3) is 5.91 Å². The quantitative estimate of drug-likeness (QED) is 0.483. The molecule has 0 spiro atoms. The minimum Gasteiger partial charge on any atom is -0.491 e. The summed E-state index contributed by atoms with van der Waals surface area (Å²) in [5.74, 6) is -0.222. The lowest BCUT2D eigenvalue weighted by atomic mass is 9.81. The Morgan fingerprint density at radius 2 is 1.97 bits per heavy atom. The van der Waals surface area contributed by atoms with Crippen molar-refractivity contribution in [2.75, 3.05) is 6.61 Å². The van der Waals surface area contributed by atoms with Gasteiger partial charge in [-0.05, 0) is 48.0 Å². The number of amides is 1. The zero-order valence-electron chi connectivity index (χ0n) is 18.0. The number of halogens is 3. The van der Waals surface area contributed by atoms with Gasteiger partial charge in [0.15, 0.2) is 0 Å². The van der Waals surface area contributed by atoms with Crippen LogP contribution in [0.1, 0.15) is 28.0 Å². The Morgan fingerprint density at radius 3 is 2.74 bits per heavy atom. The van der Waals surface area contributed by atoms with Gasteiger partial charge in [0, 0.05) is 30.6 Å². The van der Waals surface area contributed by atoms with E-state index < -0.39 is 11.9 Å². The van der Waals surface area contributed by atoms with Crippen molar-refractivity contribution in [3.63, 3.8) is 0 Å². The van der Waals surface area contributed by atoms with Gasteiger partial charge in [0.2, 0.25) is 0 Å².